The zero-order chi connectivity index (χ0) is 9.30. The number of phenolic OH excluding ortho intramolecular Hbond substituents is 1. The fraction of sp³-hybridized carbons (Fsp3) is 0. The fourth-order valence-corrected chi connectivity index (χ4v) is 1.21. The average Bonchev–Trinajstić information content (AvgIpc) is 1.97. The van der Waals surface area contributed by atoms with E-state index in [0.717, 1.165) is 6.07 Å². The van der Waals surface area contributed by atoms with Gasteiger partial charge in [-0.2, -0.15) is 0 Å². The predicted molar refractivity (Wildman–Crippen MR) is 42.7 cm³/mol. The van der Waals surface area contributed by atoms with Gasteiger partial charge in [-0.15, -0.1) is 0 Å². The number of carbonyl (C=O) groups is 1. The molecule has 0 fully saturated rings. The van der Waals surface area contributed by atoms with Gasteiger partial charge in [-0.25, -0.2) is 9.18 Å². The molecule has 5 heteroatoms. The summed E-state index contributed by atoms with van der Waals surface area (Å²) in [4.78, 5) is 10.4. The van der Waals surface area contributed by atoms with Crippen LogP contribution in [-0.2, 0) is 0 Å². The molecule has 1 rings (SSSR count). The Hall–Kier alpha value is -1.10. The number of hydrogen-bond acceptors (Lipinski definition) is 2. The van der Waals surface area contributed by atoms with E-state index >= 15 is 0 Å². The van der Waals surface area contributed by atoms with Crippen LogP contribution in [0.5, 0.6) is 5.75 Å². The minimum atomic E-state index is -1.42. The summed E-state index contributed by atoms with van der Waals surface area (Å²) in [6.45, 7) is 0. The molecule has 1 aromatic carbocycles. The Kier molecular flexibility index (Phi) is 2.32. The maximum atomic E-state index is 12.9. The predicted octanol–water partition coefficient (Wildman–Crippen LogP) is 1.99. The summed E-state index contributed by atoms with van der Waals surface area (Å²) in [6.07, 6.45) is 0. The maximum Gasteiger partial charge on any atom is 0.339 e. The zero-order valence-corrected chi connectivity index (χ0v) is 7.30. The second-order valence-electron chi connectivity index (χ2n) is 2.06. The van der Waals surface area contributed by atoms with E-state index < -0.39 is 23.1 Å². The molecule has 1 aromatic rings. The van der Waals surface area contributed by atoms with Gasteiger partial charge in [0.2, 0.25) is 0 Å². The van der Waals surface area contributed by atoms with Gasteiger partial charge < -0.3 is 10.2 Å². The third-order valence-electron chi connectivity index (χ3n) is 1.28. The number of hydrogen-bond donors (Lipinski definition) is 2. The van der Waals surface area contributed by atoms with Crippen LogP contribution in [0, 0.1) is 5.82 Å². The summed E-state index contributed by atoms with van der Waals surface area (Å²) in [5.74, 6) is -3.22. The van der Waals surface area contributed by atoms with Crippen molar-refractivity contribution in [3.63, 3.8) is 0 Å². The van der Waals surface area contributed by atoms with Crippen LogP contribution in [0.25, 0.3) is 0 Å². The molecule has 0 heterocycles. The molecular formula is C7H4BrFO3. The van der Waals surface area contributed by atoms with E-state index in [2.05, 4.69) is 15.9 Å². The van der Waals surface area contributed by atoms with E-state index in [1.54, 1.807) is 0 Å². The van der Waals surface area contributed by atoms with Crippen molar-refractivity contribution >= 4 is 21.9 Å². The number of rotatable bonds is 1. The van der Waals surface area contributed by atoms with Gasteiger partial charge in [-0.05, 0) is 28.1 Å². The first-order valence-electron chi connectivity index (χ1n) is 2.94. The van der Waals surface area contributed by atoms with Gasteiger partial charge in [0.1, 0.15) is 5.56 Å². The normalized spacial score (nSPS) is 9.83. The van der Waals surface area contributed by atoms with E-state index in [4.69, 9.17) is 10.2 Å². The largest absolute Gasteiger partial charge is 0.505 e. The van der Waals surface area contributed by atoms with Crippen molar-refractivity contribution in [3.8, 4) is 5.75 Å². The van der Waals surface area contributed by atoms with E-state index in [1.165, 1.54) is 6.07 Å². The Bertz CT molecular complexity index is 338. The first-order valence-corrected chi connectivity index (χ1v) is 3.73. The Labute approximate surface area is 75.6 Å². The minimum Gasteiger partial charge on any atom is -0.505 e. The van der Waals surface area contributed by atoms with Crippen molar-refractivity contribution in [2.24, 2.45) is 0 Å². The molecule has 0 amide bonds. The quantitative estimate of drug-likeness (QED) is 0.782. The van der Waals surface area contributed by atoms with Crippen molar-refractivity contribution in [3.05, 3.63) is 28.0 Å². The molecule has 12 heavy (non-hydrogen) atoms. The summed E-state index contributed by atoms with van der Waals surface area (Å²) in [5, 5.41) is 17.3. The fourth-order valence-electron chi connectivity index (χ4n) is 0.738. The van der Waals surface area contributed by atoms with Crippen LogP contribution >= 0.6 is 15.9 Å². The number of carboxylic acids is 1. The van der Waals surface area contributed by atoms with Crippen molar-refractivity contribution in [1.82, 2.24) is 0 Å². The van der Waals surface area contributed by atoms with Gasteiger partial charge in [0.15, 0.2) is 11.6 Å². The maximum absolute atomic E-state index is 12.9. The molecule has 0 atom stereocenters. The van der Waals surface area contributed by atoms with Crippen LogP contribution < -0.4 is 0 Å². The molecule has 0 aromatic heterocycles. The number of aromatic hydroxyl groups is 1. The lowest BCUT2D eigenvalue weighted by molar-refractivity contribution is 0.0690. The Balaban J connectivity index is 3.43. The van der Waals surface area contributed by atoms with Gasteiger partial charge in [-0.3, -0.25) is 0 Å². The average molecular weight is 235 g/mol. The molecule has 0 radical (unpaired) electrons. The highest BCUT2D eigenvalue weighted by Gasteiger charge is 2.17. The van der Waals surface area contributed by atoms with E-state index in [1.807, 2.05) is 0 Å². The molecule has 64 valence electrons. The number of benzene rings is 1. The minimum absolute atomic E-state index is 0.102. The van der Waals surface area contributed by atoms with Crippen LogP contribution in [0.2, 0.25) is 0 Å². The van der Waals surface area contributed by atoms with Gasteiger partial charge in [0, 0.05) is 4.47 Å². The molecule has 0 saturated heterocycles. The molecule has 0 unspecified atom stereocenters. The molecule has 3 nitrogen and oxygen atoms in total. The molecule has 2 N–H and O–H groups in total. The van der Waals surface area contributed by atoms with Crippen molar-refractivity contribution in [2.45, 2.75) is 0 Å². The lowest BCUT2D eigenvalue weighted by atomic mass is 10.2. The highest BCUT2D eigenvalue weighted by Crippen LogP contribution is 2.26. The molecule has 0 spiro atoms. The monoisotopic (exact) mass is 234 g/mol. The van der Waals surface area contributed by atoms with Crippen molar-refractivity contribution in [1.29, 1.82) is 0 Å². The second kappa shape index (κ2) is 3.10. The Morgan fingerprint density at radius 2 is 2.08 bits per heavy atom. The number of phenols is 1. The summed E-state index contributed by atoms with van der Waals surface area (Å²) in [5.41, 5.74) is -0.560. The number of aromatic carboxylic acids is 1. The number of carboxylic acid groups (broad SMARTS) is 1. The molecule has 0 aliphatic heterocycles. The molecule has 0 bridgehead atoms. The van der Waals surface area contributed by atoms with Crippen LogP contribution in [0.3, 0.4) is 0 Å². The van der Waals surface area contributed by atoms with Gasteiger partial charge in [0.25, 0.3) is 0 Å². The topological polar surface area (TPSA) is 57.5 Å². The smallest absolute Gasteiger partial charge is 0.339 e. The van der Waals surface area contributed by atoms with Gasteiger partial charge >= 0.3 is 5.97 Å². The lowest BCUT2D eigenvalue weighted by Crippen LogP contribution is -2.01. The first kappa shape index (κ1) is 8.99. The second-order valence-corrected chi connectivity index (χ2v) is 2.91. The van der Waals surface area contributed by atoms with E-state index in [0.29, 0.717) is 0 Å². The molecule has 0 aliphatic carbocycles. The summed E-state index contributed by atoms with van der Waals surface area (Å²) >= 11 is 2.85. The van der Waals surface area contributed by atoms with E-state index in [9.17, 15) is 9.18 Å². The van der Waals surface area contributed by atoms with Crippen molar-refractivity contribution in [2.75, 3.05) is 0 Å². The summed E-state index contributed by atoms with van der Waals surface area (Å²) in [6, 6.07) is 2.34. The summed E-state index contributed by atoms with van der Waals surface area (Å²) in [7, 11) is 0. The first-order chi connectivity index (χ1) is 5.54. The Morgan fingerprint density at radius 3 is 2.50 bits per heavy atom. The van der Waals surface area contributed by atoms with Crippen LogP contribution in [-0.4, -0.2) is 16.2 Å². The van der Waals surface area contributed by atoms with Crippen molar-refractivity contribution < 1.29 is 19.4 Å². The SMILES string of the molecule is O=C(O)c1c(Br)ccc(O)c1F. The van der Waals surface area contributed by atoms with E-state index in [-0.39, 0.29) is 4.47 Å². The summed E-state index contributed by atoms with van der Waals surface area (Å²) < 4.78 is 13.0. The van der Waals surface area contributed by atoms with Crippen LogP contribution in [0.1, 0.15) is 10.4 Å². The third kappa shape index (κ3) is 1.40. The highest BCUT2D eigenvalue weighted by atomic mass is 79.9. The lowest BCUT2D eigenvalue weighted by Gasteiger charge is -2.01. The highest BCUT2D eigenvalue weighted by molar-refractivity contribution is 9.10. The Morgan fingerprint density at radius 1 is 1.50 bits per heavy atom. The standard InChI is InChI=1S/C7H4BrFO3/c8-3-1-2-4(10)6(9)5(3)7(11)12/h1-2,10H,(H,11,12). The van der Waals surface area contributed by atoms with Gasteiger partial charge in [0.05, 0.1) is 0 Å². The van der Waals surface area contributed by atoms with Crippen LogP contribution in [0.4, 0.5) is 4.39 Å². The molecule has 0 aliphatic rings. The molecular weight excluding hydrogens is 231 g/mol. The van der Waals surface area contributed by atoms with Crippen LogP contribution in [0.15, 0.2) is 16.6 Å². The number of halogens is 2. The zero-order valence-electron chi connectivity index (χ0n) is 5.71. The third-order valence-corrected chi connectivity index (χ3v) is 1.95. The molecule has 0 saturated carbocycles. The van der Waals surface area contributed by atoms with Gasteiger partial charge in [-0.1, -0.05) is 0 Å².